The van der Waals surface area contributed by atoms with Gasteiger partial charge < -0.3 is 10.0 Å². The fourth-order valence-electron chi connectivity index (χ4n) is 5.76. The monoisotopic (exact) mass is 475 g/mol. The van der Waals surface area contributed by atoms with Crippen LogP contribution in [0.3, 0.4) is 0 Å². The second-order valence-corrected chi connectivity index (χ2v) is 9.25. The first-order valence-corrected chi connectivity index (χ1v) is 11.4. The number of nitrogens with zero attached hydrogens (tertiary/aromatic N) is 3. The zero-order chi connectivity index (χ0) is 24.3. The van der Waals surface area contributed by atoms with Crippen molar-refractivity contribution in [2.24, 2.45) is 11.8 Å². The highest BCUT2D eigenvalue weighted by molar-refractivity contribution is 6.00. The SMILES string of the molecule is CCN1C(=O)c2c(O)c(=O)c(C(=O)CCc3c(F)cc(F)cc3F)cn2N2C[C@@H]3CC[C@@H](C3)[C@@H]12. The van der Waals surface area contributed by atoms with Gasteiger partial charge in [0.1, 0.15) is 23.6 Å². The fourth-order valence-corrected chi connectivity index (χ4v) is 5.76. The molecule has 0 spiro atoms. The summed E-state index contributed by atoms with van der Waals surface area (Å²) < 4.78 is 42.5. The van der Waals surface area contributed by atoms with Crippen molar-refractivity contribution in [3.63, 3.8) is 0 Å². The third kappa shape index (κ3) is 3.38. The Kier molecular flexibility index (Phi) is 5.41. The number of aromatic nitrogens is 1. The molecule has 2 aromatic rings. The molecule has 180 valence electrons. The van der Waals surface area contributed by atoms with Gasteiger partial charge in [0.05, 0.1) is 5.56 Å². The summed E-state index contributed by atoms with van der Waals surface area (Å²) in [5.41, 5.74) is -2.01. The molecule has 7 nitrogen and oxygen atoms in total. The molecule has 3 aliphatic rings. The molecular weight excluding hydrogens is 451 g/mol. The summed E-state index contributed by atoms with van der Waals surface area (Å²) in [7, 11) is 0. The van der Waals surface area contributed by atoms with Gasteiger partial charge in [-0.25, -0.2) is 13.2 Å². The van der Waals surface area contributed by atoms with Gasteiger partial charge in [0, 0.05) is 43.4 Å². The number of fused-ring (bicyclic) bond motifs is 6. The van der Waals surface area contributed by atoms with E-state index in [1.165, 1.54) is 10.9 Å². The summed E-state index contributed by atoms with van der Waals surface area (Å²) in [4.78, 5) is 40.6. The second kappa shape index (κ2) is 8.18. The molecule has 2 fully saturated rings. The number of ketones is 1. The van der Waals surface area contributed by atoms with Crippen molar-refractivity contribution in [2.45, 2.75) is 45.2 Å². The minimum Gasteiger partial charge on any atom is -0.502 e. The van der Waals surface area contributed by atoms with Crippen LogP contribution in [-0.2, 0) is 6.42 Å². The number of rotatable bonds is 5. The molecule has 2 bridgehead atoms. The largest absolute Gasteiger partial charge is 0.502 e. The number of amides is 1. The maximum Gasteiger partial charge on any atom is 0.278 e. The standard InChI is InChI=1S/C24H24F3N3O4/c1-2-28-23-13-4-3-12(7-13)10-30(23)29-11-16(21(32)22(33)20(29)24(28)34)19(31)6-5-15-17(26)8-14(25)9-18(15)27/h8-9,11-13,23,33H,2-7,10H2,1H3/t12-,13+,23+/m1/s1. The van der Waals surface area contributed by atoms with E-state index >= 15 is 0 Å². The van der Waals surface area contributed by atoms with E-state index in [1.807, 2.05) is 11.9 Å². The van der Waals surface area contributed by atoms with Crippen LogP contribution in [0.15, 0.2) is 23.1 Å². The minimum atomic E-state index is -1.12. The molecule has 1 amide bonds. The number of hydrogen-bond acceptors (Lipinski definition) is 5. The van der Waals surface area contributed by atoms with Gasteiger partial charge >= 0.3 is 0 Å². The summed E-state index contributed by atoms with van der Waals surface area (Å²) in [6.07, 6.45) is 3.18. The van der Waals surface area contributed by atoms with Crippen molar-refractivity contribution in [3.05, 3.63) is 62.8 Å². The summed E-state index contributed by atoms with van der Waals surface area (Å²) in [6, 6.07) is 1.05. The predicted molar refractivity (Wildman–Crippen MR) is 116 cm³/mol. The first-order valence-electron chi connectivity index (χ1n) is 11.4. The number of pyridine rings is 1. The van der Waals surface area contributed by atoms with Crippen LogP contribution in [0.5, 0.6) is 5.75 Å². The lowest BCUT2D eigenvalue weighted by Crippen LogP contribution is -2.66. The predicted octanol–water partition coefficient (Wildman–Crippen LogP) is 2.96. The topological polar surface area (TPSA) is 82.9 Å². The molecule has 1 N–H and O–H groups in total. The summed E-state index contributed by atoms with van der Waals surface area (Å²) in [6.45, 7) is 2.86. The number of carbonyl (C=O) groups excluding carboxylic acids is 2. The van der Waals surface area contributed by atoms with Crippen molar-refractivity contribution in [1.82, 2.24) is 9.58 Å². The number of carbonyl (C=O) groups is 2. The van der Waals surface area contributed by atoms with E-state index in [1.54, 1.807) is 4.90 Å². The molecule has 1 saturated carbocycles. The van der Waals surface area contributed by atoms with E-state index in [4.69, 9.17) is 0 Å². The van der Waals surface area contributed by atoms with Crippen molar-refractivity contribution in [3.8, 4) is 5.75 Å². The molecule has 0 radical (unpaired) electrons. The zero-order valence-corrected chi connectivity index (χ0v) is 18.6. The summed E-state index contributed by atoms with van der Waals surface area (Å²) in [5.74, 6) is -4.67. The van der Waals surface area contributed by atoms with Gasteiger partial charge in [0.2, 0.25) is 5.43 Å². The first-order chi connectivity index (χ1) is 16.2. The van der Waals surface area contributed by atoms with E-state index < -0.39 is 58.7 Å². The van der Waals surface area contributed by atoms with Crippen LogP contribution >= 0.6 is 0 Å². The lowest BCUT2D eigenvalue weighted by molar-refractivity contribution is 0.0424. The highest BCUT2D eigenvalue weighted by atomic mass is 19.1. The van der Waals surface area contributed by atoms with Crippen LogP contribution in [0, 0.1) is 29.3 Å². The van der Waals surface area contributed by atoms with Crippen molar-refractivity contribution in [2.75, 3.05) is 18.1 Å². The first kappa shape index (κ1) is 22.5. The third-order valence-electron chi connectivity index (χ3n) is 7.33. The van der Waals surface area contributed by atoms with Crippen LogP contribution in [0.25, 0.3) is 0 Å². The smallest absolute Gasteiger partial charge is 0.278 e. The molecule has 1 saturated heterocycles. The Morgan fingerprint density at radius 1 is 1.15 bits per heavy atom. The molecular formula is C24H24F3N3O4. The van der Waals surface area contributed by atoms with Crippen LogP contribution in [0.2, 0.25) is 0 Å². The average Bonchev–Trinajstić information content (AvgIpc) is 3.17. The quantitative estimate of drug-likeness (QED) is 0.673. The van der Waals surface area contributed by atoms with Crippen LogP contribution in [0.4, 0.5) is 13.2 Å². The fraction of sp³-hybridized carbons (Fsp3) is 0.458. The van der Waals surface area contributed by atoms with Gasteiger partial charge in [-0.1, -0.05) is 0 Å². The maximum absolute atomic E-state index is 14.0. The van der Waals surface area contributed by atoms with Crippen molar-refractivity contribution < 1.29 is 27.9 Å². The Bertz CT molecular complexity index is 1240. The van der Waals surface area contributed by atoms with Crippen molar-refractivity contribution in [1.29, 1.82) is 0 Å². The van der Waals surface area contributed by atoms with Gasteiger partial charge in [0.25, 0.3) is 5.91 Å². The minimum absolute atomic E-state index is 0.184. The van der Waals surface area contributed by atoms with Crippen molar-refractivity contribution >= 4 is 11.7 Å². The Balaban J connectivity index is 1.52. The van der Waals surface area contributed by atoms with Gasteiger partial charge in [-0.15, -0.1) is 0 Å². The van der Waals surface area contributed by atoms with E-state index in [0.29, 0.717) is 31.1 Å². The summed E-state index contributed by atoms with van der Waals surface area (Å²) >= 11 is 0. The van der Waals surface area contributed by atoms with E-state index in [0.717, 1.165) is 19.3 Å². The van der Waals surface area contributed by atoms with Gasteiger partial charge in [-0.05, 0) is 44.4 Å². The van der Waals surface area contributed by atoms with E-state index in [-0.39, 0.29) is 23.3 Å². The zero-order valence-electron chi connectivity index (χ0n) is 18.6. The second-order valence-electron chi connectivity index (χ2n) is 9.25. The van der Waals surface area contributed by atoms with Crippen LogP contribution in [0.1, 0.15) is 59.0 Å². The number of benzene rings is 1. The Morgan fingerprint density at radius 2 is 1.85 bits per heavy atom. The number of aromatic hydroxyl groups is 1. The maximum atomic E-state index is 14.0. The molecule has 10 heteroatoms. The molecule has 34 heavy (non-hydrogen) atoms. The number of piperidine rings is 1. The van der Waals surface area contributed by atoms with Crippen LogP contribution in [-0.4, -0.2) is 45.6 Å². The van der Waals surface area contributed by atoms with Crippen LogP contribution < -0.4 is 10.4 Å². The van der Waals surface area contributed by atoms with E-state index in [2.05, 4.69) is 0 Å². The third-order valence-corrected chi connectivity index (χ3v) is 7.33. The van der Waals surface area contributed by atoms with Gasteiger partial charge in [0.15, 0.2) is 17.2 Å². The molecule has 1 aliphatic carbocycles. The molecule has 0 unspecified atom stereocenters. The molecule has 5 rings (SSSR count). The molecule has 1 aromatic carbocycles. The molecule has 3 heterocycles. The highest BCUT2D eigenvalue weighted by Gasteiger charge is 2.49. The molecule has 3 atom stereocenters. The normalized spacial score (nSPS) is 23.2. The Morgan fingerprint density at radius 3 is 2.53 bits per heavy atom. The number of hydrogen-bond donors (Lipinski definition) is 1. The number of Topliss-reactive ketones (excluding diaryl/α,β-unsaturated/α-hetero) is 1. The Labute approximate surface area is 193 Å². The van der Waals surface area contributed by atoms with Gasteiger partial charge in [-0.3, -0.25) is 24.1 Å². The highest BCUT2D eigenvalue weighted by Crippen LogP contribution is 2.43. The average molecular weight is 475 g/mol. The summed E-state index contributed by atoms with van der Waals surface area (Å²) in [5, 5.41) is 12.6. The molecule has 2 aliphatic heterocycles. The van der Waals surface area contributed by atoms with E-state index in [9.17, 15) is 32.7 Å². The molecule has 1 aromatic heterocycles. The Hall–Kier alpha value is -3.30. The van der Waals surface area contributed by atoms with Gasteiger partial charge in [-0.2, -0.15) is 0 Å². The number of halogens is 3. The lowest BCUT2D eigenvalue weighted by atomic mass is 9.94. The lowest BCUT2D eigenvalue weighted by Gasteiger charge is -2.51.